The summed E-state index contributed by atoms with van der Waals surface area (Å²) in [4.78, 5) is 13.6. The Morgan fingerprint density at radius 1 is 1.41 bits per heavy atom. The maximum atomic E-state index is 11.9. The number of hydrogen-bond acceptors (Lipinski definition) is 2. The van der Waals surface area contributed by atoms with Gasteiger partial charge < -0.3 is 15.3 Å². The van der Waals surface area contributed by atoms with Gasteiger partial charge in [0.15, 0.2) is 0 Å². The molecule has 0 saturated heterocycles. The summed E-state index contributed by atoms with van der Waals surface area (Å²) in [6, 6.07) is -0.0344. The highest BCUT2D eigenvalue weighted by molar-refractivity contribution is 5.74. The Hall–Kier alpha value is -0.770. The van der Waals surface area contributed by atoms with Gasteiger partial charge in [0.2, 0.25) is 0 Å². The topological polar surface area (TPSA) is 52.6 Å². The maximum Gasteiger partial charge on any atom is 0.317 e. The number of carbonyl (C=O) groups excluding carboxylic acids is 1. The molecule has 1 aliphatic rings. The van der Waals surface area contributed by atoms with Gasteiger partial charge in [0.05, 0.1) is 6.61 Å². The molecule has 0 aromatic heterocycles. The Morgan fingerprint density at radius 2 is 2.06 bits per heavy atom. The smallest absolute Gasteiger partial charge is 0.317 e. The van der Waals surface area contributed by atoms with E-state index in [1.165, 1.54) is 12.8 Å². The third-order valence-electron chi connectivity index (χ3n) is 3.86. The molecule has 0 radical (unpaired) electrons. The third kappa shape index (κ3) is 3.87. The average molecular weight is 242 g/mol. The summed E-state index contributed by atoms with van der Waals surface area (Å²) in [6.45, 7) is 8.41. The van der Waals surface area contributed by atoms with Gasteiger partial charge in [-0.1, -0.05) is 20.8 Å². The van der Waals surface area contributed by atoms with Crippen molar-refractivity contribution >= 4 is 6.03 Å². The molecular weight excluding hydrogens is 216 g/mol. The van der Waals surface area contributed by atoms with Gasteiger partial charge in [0.1, 0.15) is 0 Å². The molecule has 0 unspecified atom stereocenters. The van der Waals surface area contributed by atoms with Crippen molar-refractivity contribution in [3.05, 3.63) is 0 Å². The van der Waals surface area contributed by atoms with Crippen LogP contribution in [0.2, 0.25) is 0 Å². The van der Waals surface area contributed by atoms with E-state index in [1.54, 1.807) is 4.90 Å². The summed E-state index contributed by atoms with van der Waals surface area (Å²) in [6.07, 6.45) is 3.36. The maximum absolute atomic E-state index is 11.9. The van der Waals surface area contributed by atoms with Crippen LogP contribution in [0.1, 0.15) is 40.0 Å². The lowest BCUT2D eigenvalue weighted by atomic mass is 9.92. The molecule has 0 aliphatic heterocycles. The molecule has 0 atom stereocenters. The number of urea groups is 1. The molecule has 4 heteroatoms. The van der Waals surface area contributed by atoms with Crippen molar-refractivity contribution in [3.8, 4) is 0 Å². The first-order valence-corrected chi connectivity index (χ1v) is 6.69. The van der Waals surface area contributed by atoms with Crippen molar-refractivity contribution in [2.45, 2.75) is 40.0 Å². The number of nitrogens with zero attached hydrogens (tertiary/aromatic N) is 1. The van der Waals surface area contributed by atoms with Gasteiger partial charge in [-0.2, -0.15) is 0 Å². The van der Waals surface area contributed by atoms with Crippen molar-refractivity contribution in [1.29, 1.82) is 0 Å². The molecule has 1 rings (SSSR count). The predicted octanol–water partition coefficient (Wildman–Crippen LogP) is 1.84. The number of aliphatic hydroxyl groups is 1. The van der Waals surface area contributed by atoms with Crippen molar-refractivity contribution < 1.29 is 9.90 Å². The van der Waals surface area contributed by atoms with E-state index in [4.69, 9.17) is 5.11 Å². The van der Waals surface area contributed by atoms with E-state index < -0.39 is 0 Å². The molecule has 0 heterocycles. The van der Waals surface area contributed by atoms with Crippen LogP contribution in [0.5, 0.6) is 0 Å². The van der Waals surface area contributed by atoms with Crippen LogP contribution in [0, 0.1) is 11.3 Å². The molecule has 0 aromatic carbocycles. The van der Waals surface area contributed by atoms with Crippen LogP contribution in [0.25, 0.3) is 0 Å². The van der Waals surface area contributed by atoms with Gasteiger partial charge in [0.25, 0.3) is 0 Å². The van der Waals surface area contributed by atoms with Crippen LogP contribution in [0.4, 0.5) is 4.79 Å². The summed E-state index contributed by atoms with van der Waals surface area (Å²) in [5.41, 5.74) is 0.340. The Morgan fingerprint density at radius 3 is 2.47 bits per heavy atom. The van der Waals surface area contributed by atoms with Gasteiger partial charge in [-0.05, 0) is 30.6 Å². The van der Waals surface area contributed by atoms with Gasteiger partial charge in [-0.25, -0.2) is 4.79 Å². The normalized spacial score (nSPS) is 17.0. The number of rotatable bonds is 7. The second-order valence-electron chi connectivity index (χ2n) is 5.39. The highest BCUT2D eigenvalue weighted by Crippen LogP contribution is 2.51. The van der Waals surface area contributed by atoms with Crippen molar-refractivity contribution in [3.63, 3.8) is 0 Å². The van der Waals surface area contributed by atoms with Crippen molar-refractivity contribution in [1.82, 2.24) is 10.2 Å². The quantitative estimate of drug-likeness (QED) is 0.715. The van der Waals surface area contributed by atoms with Crippen molar-refractivity contribution in [2.24, 2.45) is 11.3 Å². The number of aliphatic hydroxyl groups excluding tert-OH is 1. The van der Waals surface area contributed by atoms with E-state index in [9.17, 15) is 4.79 Å². The lowest BCUT2D eigenvalue weighted by molar-refractivity contribution is 0.173. The van der Waals surface area contributed by atoms with E-state index in [-0.39, 0.29) is 12.6 Å². The summed E-state index contributed by atoms with van der Waals surface area (Å²) in [7, 11) is 0. The van der Waals surface area contributed by atoms with Crippen LogP contribution >= 0.6 is 0 Å². The zero-order valence-corrected chi connectivity index (χ0v) is 11.3. The average Bonchev–Trinajstić information content (AvgIpc) is 3.07. The molecule has 1 saturated carbocycles. The van der Waals surface area contributed by atoms with Crippen LogP contribution in [0.15, 0.2) is 0 Å². The zero-order valence-electron chi connectivity index (χ0n) is 11.3. The first kappa shape index (κ1) is 14.3. The summed E-state index contributed by atoms with van der Waals surface area (Å²) in [5, 5.41) is 11.9. The van der Waals surface area contributed by atoms with Gasteiger partial charge in [-0.3, -0.25) is 0 Å². The van der Waals surface area contributed by atoms with Gasteiger partial charge in [0, 0.05) is 19.6 Å². The zero-order chi connectivity index (χ0) is 12.9. The molecule has 2 N–H and O–H groups in total. The molecular formula is C13H26N2O2. The second-order valence-corrected chi connectivity index (χ2v) is 5.39. The minimum absolute atomic E-state index is 0.0305. The van der Waals surface area contributed by atoms with E-state index in [0.29, 0.717) is 24.4 Å². The summed E-state index contributed by atoms with van der Waals surface area (Å²) < 4.78 is 0. The molecule has 1 fully saturated rings. The largest absolute Gasteiger partial charge is 0.395 e. The molecule has 0 bridgehead atoms. The number of hydrogen-bond donors (Lipinski definition) is 2. The van der Waals surface area contributed by atoms with Crippen molar-refractivity contribution in [2.75, 3.05) is 26.2 Å². The van der Waals surface area contributed by atoms with Gasteiger partial charge >= 0.3 is 6.03 Å². The number of amides is 2. The molecule has 0 spiro atoms. The number of nitrogens with one attached hydrogen (secondary N) is 1. The molecule has 1 aliphatic carbocycles. The summed E-state index contributed by atoms with van der Waals surface area (Å²) in [5.74, 6) is 0.625. The highest BCUT2D eigenvalue weighted by atomic mass is 16.3. The Labute approximate surface area is 104 Å². The second kappa shape index (κ2) is 6.24. The Balaban J connectivity index is 2.36. The monoisotopic (exact) mass is 242 g/mol. The van der Waals surface area contributed by atoms with E-state index in [0.717, 1.165) is 13.0 Å². The molecule has 0 aromatic rings. The SMILES string of the molecule is CCCN(CCO)C(=O)NCC1(C(C)C)CC1. The van der Waals surface area contributed by atoms with E-state index in [2.05, 4.69) is 19.2 Å². The fraction of sp³-hybridized carbons (Fsp3) is 0.923. The minimum atomic E-state index is -0.0344. The highest BCUT2D eigenvalue weighted by Gasteiger charge is 2.45. The van der Waals surface area contributed by atoms with Crippen LogP contribution in [0.3, 0.4) is 0 Å². The fourth-order valence-corrected chi connectivity index (χ4v) is 2.19. The molecule has 17 heavy (non-hydrogen) atoms. The lowest BCUT2D eigenvalue weighted by Gasteiger charge is -2.25. The fourth-order valence-electron chi connectivity index (χ4n) is 2.19. The van der Waals surface area contributed by atoms with Gasteiger partial charge in [-0.15, -0.1) is 0 Å². The Bertz CT molecular complexity index is 244. The predicted molar refractivity (Wildman–Crippen MR) is 68.9 cm³/mol. The number of carbonyl (C=O) groups is 1. The molecule has 4 nitrogen and oxygen atoms in total. The first-order chi connectivity index (χ1) is 8.05. The lowest BCUT2D eigenvalue weighted by Crippen LogP contribution is -2.44. The molecule has 100 valence electrons. The third-order valence-corrected chi connectivity index (χ3v) is 3.86. The van der Waals surface area contributed by atoms with E-state index in [1.807, 2.05) is 6.92 Å². The molecule has 2 amide bonds. The Kier molecular flexibility index (Phi) is 5.25. The van der Waals surface area contributed by atoms with E-state index >= 15 is 0 Å². The van der Waals surface area contributed by atoms with Crippen LogP contribution in [-0.4, -0.2) is 42.3 Å². The summed E-state index contributed by atoms with van der Waals surface area (Å²) >= 11 is 0. The first-order valence-electron chi connectivity index (χ1n) is 6.69. The van der Waals surface area contributed by atoms with Crippen LogP contribution in [-0.2, 0) is 0 Å². The van der Waals surface area contributed by atoms with Crippen LogP contribution < -0.4 is 5.32 Å². The standard InChI is InChI=1S/C13H26N2O2/c1-4-7-15(8-9-16)12(17)14-10-13(5-6-13)11(2)3/h11,16H,4-10H2,1-3H3,(H,14,17). The minimum Gasteiger partial charge on any atom is -0.395 e.